The molecule has 31 heavy (non-hydrogen) atoms. The Kier molecular flexibility index (Phi) is 6.67. The molecule has 1 heterocycles. The molecule has 1 aromatic heterocycles. The molecule has 0 unspecified atom stereocenters. The van der Waals surface area contributed by atoms with E-state index in [9.17, 15) is 9.59 Å². The molecule has 1 saturated carbocycles. The summed E-state index contributed by atoms with van der Waals surface area (Å²) in [5.41, 5.74) is 3.11. The van der Waals surface area contributed by atoms with Crippen molar-refractivity contribution < 1.29 is 9.59 Å². The van der Waals surface area contributed by atoms with Crippen molar-refractivity contribution >= 4 is 34.2 Å². The van der Waals surface area contributed by atoms with Crippen molar-refractivity contribution in [3.8, 4) is 0 Å². The molecule has 0 spiro atoms. The number of aromatic nitrogens is 1. The van der Waals surface area contributed by atoms with Crippen LogP contribution < -0.4 is 5.32 Å². The Morgan fingerprint density at radius 3 is 2.74 bits per heavy atom. The Balaban J connectivity index is 1.29. The summed E-state index contributed by atoms with van der Waals surface area (Å²) in [6, 6.07) is 17.5. The lowest BCUT2D eigenvalue weighted by Crippen LogP contribution is -2.41. The number of Topliss-reactive ketones (excluding diaryl/α,β-unsaturated/α-hetero) is 1. The monoisotopic (exact) mass is 434 g/mol. The van der Waals surface area contributed by atoms with Crippen LogP contribution >= 0.6 is 11.6 Å². The van der Waals surface area contributed by atoms with Gasteiger partial charge >= 0.3 is 0 Å². The van der Waals surface area contributed by atoms with Crippen LogP contribution in [0.15, 0.2) is 60.8 Å². The Bertz CT molecular complexity index is 1080. The first-order chi connectivity index (χ1) is 15.0. The van der Waals surface area contributed by atoms with Crippen LogP contribution in [0.3, 0.4) is 0 Å². The lowest BCUT2D eigenvalue weighted by molar-refractivity contribution is -0.129. The third-order valence-electron chi connectivity index (χ3n) is 6.31. The smallest absolute Gasteiger partial charge is 0.223 e. The highest BCUT2D eigenvalue weighted by Crippen LogP contribution is 2.38. The summed E-state index contributed by atoms with van der Waals surface area (Å²) in [5, 5.41) is 4.49. The summed E-state index contributed by atoms with van der Waals surface area (Å²) in [6.07, 6.45) is 5.46. The van der Waals surface area contributed by atoms with Gasteiger partial charge in [-0.25, -0.2) is 0 Å². The molecule has 1 amide bonds. The molecule has 1 fully saturated rings. The van der Waals surface area contributed by atoms with Crippen molar-refractivity contribution in [2.45, 2.75) is 51.0 Å². The number of aryl methyl sites for hydroxylation is 1. The molecule has 5 heteroatoms. The van der Waals surface area contributed by atoms with Crippen LogP contribution in [0.4, 0.5) is 0 Å². The summed E-state index contributed by atoms with van der Waals surface area (Å²) in [4.78, 5) is 29.8. The van der Waals surface area contributed by atoms with Crippen LogP contribution in [0.5, 0.6) is 0 Å². The molecule has 0 saturated heterocycles. The standard InChI is InChI=1S/C26H27ClN2O2/c1-17(29-26(31)21-12-11-20(15-21)19-6-3-2-4-7-19)25(30)13-10-18-14-22-23(27)8-5-9-24(22)28-16-18/h2-9,14,16-17,20-21H,10-13,15H2,1H3,(H,29,31)/t17-,20+,21+/m0/s1. The van der Waals surface area contributed by atoms with Crippen LogP contribution in [0.1, 0.15) is 49.7 Å². The molecule has 4 nitrogen and oxygen atoms in total. The summed E-state index contributed by atoms with van der Waals surface area (Å²) in [6.45, 7) is 1.78. The highest BCUT2D eigenvalue weighted by atomic mass is 35.5. The summed E-state index contributed by atoms with van der Waals surface area (Å²) >= 11 is 6.26. The number of carbonyl (C=O) groups is 2. The van der Waals surface area contributed by atoms with E-state index in [1.165, 1.54) is 5.56 Å². The number of amides is 1. The number of ketones is 1. The lowest BCUT2D eigenvalue weighted by Gasteiger charge is -2.17. The van der Waals surface area contributed by atoms with Crippen molar-refractivity contribution in [3.63, 3.8) is 0 Å². The zero-order valence-corrected chi connectivity index (χ0v) is 18.4. The third-order valence-corrected chi connectivity index (χ3v) is 6.63. The number of halogens is 1. The van der Waals surface area contributed by atoms with E-state index in [0.717, 1.165) is 35.7 Å². The van der Waals surface area contributed by atoms with Gasteiger partial charge in [0.2, 0.25) is 5.91 Å². The van der Waals surface area contributed by atoms with Gasteiger partial charge in [-0.15, -0.1) is 0 Å². The van der Waals surface area contributed by atoms with Crippen LogP contribution in [0.2, 0.25) is 5.02 Å². The summed E-state index contributed by atoms with van der Waals surface area (Å²) in [7, 11) is 0. The molecular formula is C26H27ClN2O2. The maximum Gasteiger partial charge on any atom is 0.223 e. The molecule has 1 aliphatic rings. The number of fused-ring (bicyclic) bond motifs is 1. The van der Waals surface area contributed by atoms with Crippen molar-refractivity contribution in [2.75, 3.05) is 0 Å². The Hall–Kier alpha value is -2.72. The van der Waals surface area contributed by atoms with Crippen LogP contribution in [-0.2, 0) is 16.0 Å². The van der Waals surface area contributed by atoms with E-state index < -0.39 is 6.04 Å². The molecule has 0 bridgehead atoms. The normalized spacial score (nSPS) is 19.3. The molecule has 160 valence electrons. The minimum Gasteiger partial charge on any atom is -0.346 e. The zero-order chi connectivity index (χ0) is 21.8. The number of hydrogen-bond acceptors (Lipinski definition) is 3. The Morgan fingerprint density at radius 1 is 1.13 bits per heavy atom. The van der Waals surface area contributed by atoms with Crippen LogP contribution in [0, 0.1) is 5.92 Å². The zero-order valence-electron chi connectivity index (χ0n) is 17.7. The van der Waals surface area contributed by atoms with Gasteiger partial charge in [0.25, 0.3) is 0 Å². The van der Waals surface area contributed by atoms with Crippen molar-refractivity contribution in [1.29, 1.82) is 0 Å². The molecule has 3 atom stereocenters. The number of hydrogen-bond donors (Lipinski definition) is 1. The molecule has 0 aliphatic heterocycles. The van der Waals surface area contributed by atoms with Crippen molar-refractivity contribution in [2.24, 2.45) is 5.92 Å². The second kappa shape index (κ2) is 9.61. The van der Waals surface area contributed by atoms with E-state index in [4.69, 9.17) is 11.6 Å². The van der Waals surface area contributed by atoms with Gasteiger partial charge in [0.05, 0.1) is 11.6 Å². The molecule has 1 N–H and O–H groups in total. The van der Waals surface area contributed by atoms with E-state index >= 15 is 0 Å². The highest BCUT2D eigenvalue weighted by Gasteiger charge is 2.31. The minimum absolute atomic E-state index is 0.00145. The molecule has 3 aromatic rings. The van der Waals surface area contributed by atoms with Gasteiger partial charge in [-0.05, 0) is 67.9 Å². The van der Waals surface area contributed by atoms with E-state index in [2.05, 4.69) is 22.4 Å². The average molecular weight is 435 g/mol. The first-order valence-electron chi connectivity index (χ1n) is 10.9. The van der Waals surface area contributed by atoms with Gasteiger partial charge in [0, 0.05) is 28.9 Å². The molecule has 0 radical (unpaired) electrons. The minimum atomic E-state index is -0.486. The fraction of sp³-hybridized carbons (Fsp3) is 0.346. The average Bonchev–Trinajstić information content (AvgIpc) is 3.29. The van der Waals surface area contributed by atoms with E-state index in [1.54, 1.807) is 13.1 Å². The molecular weight excluding hydrogens is 408 g/mol. The maximum atomic E-state index is 12.7. The lowest BCUT2D eigenvalue weighted by atomic mass is 9.96. The molecule has 4 rings (SSSR count). The predicted molar refractivity (Wildman–Crippen MR) is 124 cm³/mol. The molecule has 2 aromatic carbocycles. The SMILES string of the molecule is C[C@H](NC(=O)[C@@H]1CC[C@@H](c2ccccc2)C1)C(=O)CCc1cnc2cccc(Cl)c2c1. The maximum absolute atomic E-state index is 12.7. The van der Waals surface area contributed by atoms with Gasteiger partial charge < -0.3 is 5.32 Å². The van der Waals surface area contributed by atoms with Crippen LogP contribution in [-0.4, -0.2) is 22.7 Å². The highest BCUT2D eigenvalue weighted by molar-refractivity contribution is 6.35. The number of pyridine rings is 1. The van der Waals surface area contributed by atoms with E-state index in [1.807, 2.05) is 42.5 Å². The van der Waals surface area contributed by atoms with Gasteiger partial charge in [0.1, 0.15) is 0 Å². The van der Waals surface area contributed by atoms with Crippen molar-refractivity contribution in [3.05, 3.63) is 76.9 Å². The fourth-order valence-corrected chi connectivity index (χ4v) is 4.66. The van der Waals surface area contributed by atoms with Crippen molar-refractivity contribution in [1.82, 2.24) is 10.3 Å². The fourth-order valence-electron chi connectivity index (χ4n) is 4.44. The first-order valence-corrected chi connectivity index (χ1v) is 11.3. The summed E-state index contributed by atoms with van der Waals surface area (Å²) in [5.74, 6) is 0.436. The predicted octanol–water partition coefficient (Wildman–Crippen LogP) is 5.48. The second-order valence-corrected chi connectivity index (χ2v) is 8.87. The largest absolute Gasteiger partial charge is 0.346 e. The van der Waals surface area contributed by atoms with Gasteiger partial charge in [0.15, 0.2) is 5.78 Å². The van der Waals surface area contributed by atoms with Gasteiger partial charge in [-0.2, -0.15) is 0 Å². The Labute approximate surface area is 188 Å². The van der Waals surface area contributed by atoms with E-state index in [-0.39, 0.29) is 17.6 Å². The number of nitrogens with zero attached hydrogens (tertiary/aromatic N) is 1. The number of rotatable bonds is 7. The summed E-state index contributed by atoms with van der Waals surface area (Å²) < 4.78 is 0. The number of nitrogens with one attached hydrogen (secondary N) is 1. The topological polar surface area (TPSA) is 59.1 Å². The number of carbonyl (C=O) groups excluding carboxylic acids is 2. The molecule has 1 aliphatic carbocycles. The first kappa shape index (κ1) is 21.5. The third kappa shape index (κ3) is 5.13. The quantitative estimate of drug-likeness (QED) is 0.535. The second-order valence-electron chi connectivity index (χ2n) is 8.46. The Morgan fingerprint density at radius 2 is 1.94 bits per heavy atom. The van der Waals surface area contributed by atoms with Gasteiger partial charge in [-0.3, -0.25) is 14.6 Å². The van der Waals surface area contributed by atoms with Crippen LogP contribution in [0.25, 0.3) is 10.9 Å². The van der Waals surface area contributed by atoms with Gasteiger partial charge in [-0.1, -0.05) is 48.0 Å². The number of benzene rings is 2. The van der Waals surface area contributed by atoms with E-state index in [0.29, 0.717) is 23.8 Å².